The van der Waals surface area contributed by atoms with Gasteiger partial charge in [-0.1, -0.05) is 48.0 Å². The van der Waals surface area contributed by atoms with Crippen molar-refractivity contribution in [3.05, 3.63) is 77.6 Å². The van der Waals surface area contributed by atoms with Gasteiger partial charge in [-0.25, -0.2) is 0 Å². The number of nitrogens with zero attached hydrogens (tertiary/aromatic N) is 3. The van der Waals surface area contributed by atoms with Gasteiger partial charge in [-0.2, -0.15) is 0 Å². The fourth-order valence-corrected chi connectivity index (χ4v) is 3.12. The van der Waals surface area contributed by atoms with E-state index in [9.17, 15) is 0 Å². The molecule has 0 N–H and O–H groups in total. The Morgan fingerprint density at radius 3 is 2.54 bits per heavy atom. The van der Waals surface area contributed by atoms with Gasteiger partial charge in [0.25, 0.3) is 0 Å². The first kappa shape index (κ1) is 16.6. The summed E-state index contributed by atoms with van der Waals surface area (Å²) in [6.07, 6.45) is 0. The Morgan fingerprint density at radius 2 is 1.73 bits per heavy atom. The molecule has 4 rings (SSSR count). The van der Waals surface area contributed by atoms with E-state index in [1.165, 1.54) is 10.8 Å². The van der Waals surface area contributed by atoms with E-state index in [-0.39, 0.29) is 6.04 Å². The zero-order valence-corrected chi connectivity index (χ0v) is 15.3. The number of fused-ring (bicyclic) bond motifs is 1. The lowest BCUT2D eigenvalue weighted by Gasteiger charge is -2.24. The molecular formula is C21H18ClN3O. The molecule has 0 unspecified atom stereocenters. The van der Waals surface area contributed by atoms with Crippen LogP contribution in [0.5, 0.6) is 0 Å². The van der Waals surface area contributed by atoms with E-state index in [0.29, 0.717) is 16.8 Å². The van der Waals surface area contributed by atoms with Crippen LogP contribution >= 0.6 is 11.6 Å². The van der Waals surface area contributed by atoms with Crippen LogP contribution in [0.15, 0.2) is 71.1 Å². The zero-order chi connectivity index (χ0) is 18.1. The lowest BCUT2D eigenvalue weighted by atomic mass is 10.1. The van der Waals surface area contributed by atoms with Crippen molar-refractivity contribution in [1.29, 1.82) is 0 Å². The second-order valence-corrected chi connectivity index (χ2v) is 6.71. The van der Waals surface area contributed by atoms with Gasteiger partial charge in [-0.3, -0.25) is 0 Å². The predicted molar refractivity (Wildman–Crippen MR) is 106 cm³/mol. The maximum atomic E-state index is 6.04. The summed E-state index contributed by atoms with van der Waals surface area (Å²) in [5.74, 6) is 1.04. The number of hydrogen-bond acceptors (Lipinski definition) is 4. The SMILES string of the molecule is C[C@@H](c1nnc(-c2cccc(Cl)c2)o1)N(C)c1ccc2ccccc2c1. The van der Waals surface area contributed by atoms with Crippen molar-refractivity contribution in [2.75, 3.05) is 11.9 Å². The number of hydrogen-bond donors (Lipinski definition) is 0. The van der Waals surface area contributed by atoms with Crippen molar-refractivity contribution in [3.8, 4) is 11.5 Å². The third-order valence-corrected chi connectivity index (χ3v) is 4.83. The van der Waals surface area contributed by atoms with Gasteiger partial charge >= 0.3 is 0 Å². The molecule has 0 spiro atoms. The van der Waals surface area contributed by atoms with Crippen molar-refractivity contribution in [3.63, 3.8) is 0 Å². The van der Waals surface area contributed by atoms with Gasteiger partial charge in [0, 0.05) is 23.3 Å². The molecule has 0 saturated carbocycles. The molecule has 0 aliphatic heterocycles. The van der Waals surface area contributed by atoms with E-state index in [1.807, 2.05) is 50.4 Å². The Balaban J connectivity index is 1.61. The standard InChI is InChI=1S/C21H18ClN3O/c1-14(20-23-24-21(26-20)17-8-5-9-18(22)12-17)25(2)19-11-10-15-6-3-4-7-16(15)13-19/h3-14H,1-2H3/t14-/m0/s1. The van der Waals surface area contributed by atoms with Gasteiger partial charge in [0.15, 0.2) is 0 Å². The minimum absolute atomic E-state index is 0.0587. The topological polar surface area (TPSA) is 42.2 Å². The number of halogens is 1. The minimum atomic E-state index is -0.0587. The maximum absolute atomic E-state index is 6.04. The van der Waals surface area contributed by atoms with Gasteiger partial charge in [-0.15, -0.1) is 10.2 Å². The van der Waals surface area contributed by atoms with Gasteiger partial charge < -0.3 is 9.32 Å². The van der Waals surface area contributed by atoms with E-state index in [4.69, 9.17) is 16.0 Å². The fraction of sp³-hybridized carbons (Fsp3) is 0.143. The average Bonchev–Trinajstić information content (AvgIpc) is 3.16. The second kappa shape index (κ2) is 6.81. The van der Waals surface area contributed by atoms with Crippen LogP contribution in [-0.4, -0.2) is 17.2 Å². The smallest absolute Gasteiger partial charge is 0.247 e. The Bertz CT molecular complexity index is 1060. The van der Waals surface area contributed by atoms with Crippen molar-refractivity contribution < 1.29 is 4.42 Å². The number of rotatable bonds is 4. The first-order chi connectivity index (χ1) is 12.6. The second-order valence-electron chi connectivity index (χ2n) is 6.27. The van der Waals surface area contributed by atoms with Gasteiger partial charge in [0.1, 0.15) is 6.04 Å². The quantitative estimate of drug-likeness (QED) is 0.463. The molecular weight excluding hydrogens is 346 g/mol. The lowest BCUT2D eigenvalue weighted by Crippen LogP contribution is -2.21. The Hall–Kier alpha value is -2.85. The molecule has 130 valence electrons. The van der Waals surface area contributed by atoms with E-state index < -0.39 is 0 Å². The molecule has 0 bridgehead atoms. The fourth-order valence-electron chi connectivity index (χ4n) is 2.93. The highest BCUT2D eigenvalue weighted by Crippen LogP contribution is 2.29. The van der Waals surface area contributed by atoms with Crippen molar-refractivity contribution >= 4 is 28.1 Å². The van der Waals surface area contributed by atoms with Gasteiger partial charge in [-0.05, 0) is 48.0 Å². The summed E-state index contributed by atoms with van der Waals surface area (Å²) in [4.78, 5) is 2.13. The van der Waals surface area contributed by atoms with Crippen LogP contribution < -0.4 is 4.90 Å². The van der Waals surface area contributed by atoms with Crippen molar-refractivity contribution in [1.82, 2.24) is 10.2 Å². The summed E-state index contributed by atoms with van der Waals surface area (Å²) in [6.45, 7) is 2.05. The van der Waals surface area contributed by atoms with Gasteiger partial charge in [0.05, 0.1) is 0 Å². The molecule has 1 atom stereocenters. The molecule has 5 heteroatoms. The molecule has 3 aromatic carbocycles. The minimum Gasteiger partial charge on any atom is -0.418 e. The molecule has 0 saturated heterocycles. The Labute approximate surface area is 157 Å². The Morgan fingerprint density at radius 1 is 0.923 bits per heavy atom. The van der Waals surface area contributed by atoms with E-state index in [1.54, 1.807) is 0 Å². The van der Waals surface area contributed by atoms with Crippen LogP contribution in [0.3, 0.4) is 0 Å². The first-order valence-electron chi connectivity index (χ1n) is 8.43. The van der Waals surface area contributed by atoms with Crippen LogP contribution in [0.1, 0.15) is 18.9 Å². The molecule has 0 aliphatic rings. The zero-order valence-electron chi connectivity index (χ0n) is 14.6. The molecule has 1 heterocycles. The lowest BCUT2D eigenvalue weighted by molar-refractivity contribution is 0.464. The summed E-state index contributed by atoms with van der Waals surface area (Å²) in [5, 5.41) is 11.5. The largest absolute Gasteiger partial charge is 0.418 e. The van der Waals surface area contributed by atoms with Crippen LogP contribution in [-0.2, 0) is 0 Å². The molecule has 0 aliphatic carbocycles. The molecule has 4 nitrogen and oxygen atoms in total. The third kappa shape index (κ3) is 3.16. The Kier molecular flexibility index (Phi) is 4.35. The monoisotopic (exact) mass is 363 g/mol. The average molecular weight is 364 g/mol. The van der Waals surface area contributed by atoms with Crippen LogP contribution in [0.4, 0.5) is 5.69 Å². The molecule has 0 fully saturated rings. The highest BCUT2D eigenvalue weighted by molar-refractivity contribution is 6.30. The van der Waals surface area contributed by atoms with Crippen LogP contribution in [0, 0.1) is 0 Å². The molecule has 0 amide bonds. The molecule has 1 aromatic heterocycles. The highest BCUT2D eigenvalue weighted by atomic mass is 35.5. The van der Waals surface area contributed by atoms with Gasteiger partial charge in [0.2, 0.25) is 11.8 Å². The third-order valence-electron chi connectivity index (χ3n) is 4.59. The van der Waals surface area contributed by atoms with Crippen molar-refractivity contribution in [2.24, 2.45) is 0 Å². The van der Waals surface area contributed by atoms with Crippen molar-refractivity contribution in [2.45, 2.75) is 13.0 Å². The molecule has 26 heavy (non-hydrogen) atoms. The summed E-state index contributed by atoms with van der Waals surface area (Å²) >= 11 is 6.04. The first-order valence-corrected chi connectivity index (χ1v) is 8.80. The number of benzene rings is 3. The molecule has 0 radical (unpaired) electrons. The predicted octanol–water partition coefficient (Wildman–Crippen LogP) is 5.74. The summed E-state index contributed by atoms with van der Waals surface area (Å²) in [6, 6.07) is 22.1. The van der Waals surface area contributed by atoms with E-state index >= 15 is 0 Å². The normalized spacial score (nSPS) is 12.3. The maximum Gasteiger partial charge on any atom is 0.247 e. The van der Waals surface area contributed by atoms with E-state index in [0.717, 1.165) is 11.3 Å². The van der Waals surface area contributed by atoms with Crippen LogP contribution in [0.2, 0.25) is 5.02 Å². The van der Waals surface area contributed by atoms with Crippen LogP contribution in [0.25, 0.3) is 22.2 Å². The molecule has 4 aromatic rings. The number of anilines is 1. The summed E-state index contributed by atoms with van der Waals surface area (Å²) in [5.41, 5.74) is 1.91. The summed E-state index contributed by atoms with van der Waals surface area (Å²) in [7, 11) is 2.03. The van der Waals surface area contributed by atoms with E-state index in [2.05, 4.69) is 45.4 Å². The summed E-state index contributed by atoms with van der Waals surface area (Å²) < 4.78 is 5.89. The number of aromatic nitrogens is 2. The highest BCUT2D eigenvalue weighted by Gasteiger charge is 2.20.